The Morgan fingerprint density at radius 1 is 1.15 bits per heavy atom. The number of thiazole rings is 1. The maximum absolute atomic E-state index is 13.5. The summed E-state index contributed by atoms with van der Waals surface area (Å²) < 4.78 is 19.4. The second-order valence-electron chi connectivity index (χ2n) is 9.00. The predicted molar refractivity (Wildman–Crippen MR) is 130 cm³/mol. The number of likely N-dealkylation sites (tertiary alicyclic amines) is 1. The number of piperidine rings is 1. The first-order valence-electron chi connectivity index (χ1n) is 11.2. The molecule has 170 valence electrons. The first kappa shape index (κ1) is 21.8. The summed E-state index contributed by atoms with van der Waals surface area (Å²) in [5.41, 5.74) is 1.53. The van der Waals surface area contributed by atoms with Crippen molar-refractivity contribution in [3.8, 4) is 11.5 Å². The van der Waals surface area contributed by atoms with Gasteiger partial charge in [0, 0.05) is 22.4 Å². The van der Waals surface area contributed by atoms with Crippen LogP contribution in [-0.4, -0.2) is 34.4 Å². The Kier molecular flexibility index (Phi) is 5.76. The number of aromatic nitrogens is 1. The van der Waals surface area contributed by atoms with Crippen LogP contribution in [0.2, 0.25) is 0 Å². The van der Waals surface area contributed by atoms with Gasteiger partial charge in [0.25, 0.3) is 0 Å². The summed E-state index contributed by atoms with van der Waals surface area (Å²) in [4.78, 5) is 20.0. The van der Waals surface area contributed by atoms with Crippen molar-refractivity contribution in [1.82, 2.24) is 9.88 Å². The molecule has 0 atom stereocenters. The molecule has 7 heteroatoms. The lowest BCUT2D eigenvalue weighted by Gasteiger charge is -2.41. The molecule has 5 rings (SSSR count). The van der Waals surface area contributed by atoms with Crippen LogP contribution in [0.5, 0.6) is 0 Å². The minimum absolute atomic E-state index is 0.132. The fraction of sp³-hybridized carbons (Fsp3) is 0.308. The molecule has 2 aromatic carbocycles. The van der Waals surface area contributed by atoms with E-state index in [-0.39, 0.29) is 11.7 Å². The first-order valence-corrected chi connectivity index (χ1v) is 12.0. The second-order valence-corrected chi connectivity index (χ2v) is 9.89. The van der Waals surface area contributed by atoms with Gasteiger partial charge in [0.05, 0.1) is 10.5 Å². The molecule has 0 saturated carbocycles. The summed E-state index contributed by atoms with van der Waals surface area (Å²) in [6, 6.07) is 16.0. The van der Waals surface area contributed by atoms with E-state index in [9.17, 15) is 9.18 Å². The number of halogens is 1. The van der Waals surface area contributed by atoms with Crippen LogP contribution in [0.1, 0.15) is 37.6 Å². The van der Waals surface area contributed by atoms with Crippen molar-refractivity contribution in [2.45, 2.75) is 38.1 Å². The van der Waals surface area contributed by atoms with Crippen molar-refractivity contribution < 1.29 is 13.6 Å². The summed E-state index contributed by atoms with van der Waals surface area (Å²) in [6.45, 7) is 5.44. The molecule has 2 aromatic heterocycles. The van der Waals surface area contributed by atoms with Gasteiger partial charge < -0.3 is 9.73 Å². The average molecular weight is 464 g/mol. The zero-order valence-electron chi connectivity index (χ0n) is 18.7. The molecule has 0 radical (unpaired) electrons. The number of anilines is 1. The number of fused-ring (bicyclic) bond motifs is 1. The molecule has 0 unspecified atom stereocenters. The van der Waals surface area contributed by atoms with Gasteiger partial charge in [-0.3, -0.25) is 9.69 Å². The highest BCUT2D eigenvalue weighted by Gasteiger charge is 2.37. The number of para-hydroxylation sites is 1. The third kappa shape index (κ3) is 4.43. The molecule has 0 aliphatic carbocycles. The Balaban J connectivity index is 1.23. The van der Waals surface area contributed by atoms with Gasteiger partial charge in [-0.1, -0.05) is 24.3 Å². The van der Waals surface area contributed by atoms with E-state index in [0.29, 0.717) is 11.6 Å². The molecular formula is C26H26FN3O2S. The van der Waals surface area contributed by atoms with Crippen molar-refractivity contribution in [3.05, 3.63) is 70.8 Å². The van der Waals surface area contributed by atoms with Crippen LogP contribution in [0.3, 0.4) is 0 Å². The van der Waals surface area contributed by atoms with Crippen molar-refractivity contribution in [1.29, 1.82) is 0 Å². The van der Waals surface area contributed by atoms with Gasteiger partial charge in [-0.25, -0.2) is 9.37 Å². The Hall–Kier alpha value is -3.03. The SMILES string of the molecule is CC(C)(C(=O)Nc1cccc(F)c1)N1CCC(c2nc(-c3cc4ccccc4o3)cs2)CC1. The first-order chi connectivity index (χ1) is 15.9. The summed E-state index contributed by atoms with van der Waals surface area (Å²) >= 11 is 1.67. The highest BCUT2D eigenvalue weighted by molar-refractivity contribution is 7.10. The molecule has 1 fully saturated rings. The molecule has 1 amide bonds. The molecule has 0 bridgehead atoms. The number of nitrogens with one attached hydrogen (secondary N) is 1. The van der Waals surface area contributed by atoms with Gasteiger partial charge in [0.1, 0.15) is 17.1 Å². The van der Waals surface area contributed by atoms with E-state index in [1.54, 1.807) is 23.5 Å². The molecule has 4 aromatic rings. The lowest BCUT2D eigenvalue weighted by atomic mass is 9.92. The number of furan rings is 1. The normalized spacial score (nSPS) is 15.7. The van der Waals surface area contributed by atoms with Gasteiger partial charge >= 0.3 is 0 Å². The summed E-state index contributed by atoms with van der Waals surface area (Å²) in [5, 5.41) is 7.12. The molecular weight excluding hydrogens is 437 g/mol. The third-order valence-corrected chi connectivity index (χ3v) is 7.48. The van der Waals surface area contributed by atoms with E-state index in [1.807, 2.05) is 44.2 Å². The Morgan fingerprint density at radius 2 is 1.94 bits per heavy atom. The van der Waals surface area contributed by atoms with Crippen LogP contribution >= 0.6 is 11.3 Å². The number of hydrogen-bond acceptors (Lipinski definition) is 5. The monoisotopic (exact) mass is 463 g/mol. The van der Waals surface area contributed by atoms with Gasteiger partial charge in [-0.2, -0.15) is 0 Å². The quantitative estimate of drug-likeness (QED) is 0.378. The molecule has 3 heterocycles. The summed E-state index contributed by atoms with van der Waals surface area (Å²) in [5.74, 6) is 0.669. The van der Waals surface area contributed by atoms with Crippen LogP contribution in [0, 0.1) is 5.82 Å². The van der Waals surface area contributed by atoms with E-state index < -0.39 is 5.54 Å². The van der Waals surface area contributed by atoms with Crippen molar-refractivity contribution >= 4 is 33.9 Å². The van der Waals surface area contributed by atoms with E-state index in [0.717, 1.165) is 53.4 Å². The van der Waals surface area contributed by atoms with Crippen molar-refractivity contribution in [2.75, 3.05) is 18.4 Å². The van der Waals surface area contributed by atoms with E-state index in [2.05, 4.69) is 15.6 Å². The van der Waals surface area contributed by atoms with Gasteiger partial charge in [-0.05, 0) is 70.1 Å². The minimum Gasteiger partial charge on any atom is -0.454 e. The average Bonchev–Trinajstić information content (AvgIpc) is 3.46. The molecule has 1 aliphatic heterocycles. The summed E-state index contributed by atoms with van der Waals surface area (Å²) in [7, 11) is 0. The number of benzene rings is 2. The van der Waals surface area contributed by atoms with Crippen LogP contribution in [0.25, 0.3) is 22.4 Å². The third-order valence-electron chi connectivity index (χ3n) is 6.47. The predicted octanol–water partition coefficient (Wildman–Crippen LogP) is 6.29. The Morgan fingerprint density at radius 3 is 2.70 bits per heavy atom. The van der Waals surface area contributed by atoms with E-state index in [1.165, 1.54) is 12.1 Å². The second kappa shape index (κ2) is 8.72. The zero-order valence-corrected chi connectivity index (χ0v) is 19.5. The molecule has 0 spiro atoms. The largest absolute Gasteiger partial charge is 0.454 e. The van der Waals surface area contributed by atoms with Crippen LogP contribution < -0.4 is 5.32 Å². The van der Waals surface area contributed by atoms with Crippen molar-refractivity contribution in [2.24, 2.45) is 0 Å². The Bertz CT molecular complexity index is 1250. The lowest BCUT2D eigenvalue weighted by molar-refractivity contribution is -0.127. The number of amides is 1. The zero-order chi connectivity index (χ0) is 23.0. The van der Waals surface area contributed by atoms with E-state index >= 15 is 0 Å². The van der Waals surface area contributed by atoms with E-state index in [4.69, 9.17) is 9.40 Å². The molecule has 1 aliphatic rings. The van der Waals surface area contributed by atoms with Gasteiger partial charge in [0.2, 0.25) is 5.91 Å². The Labute approximate surface area is 196 Å². The van der Waals surface area contributed by atoms with Crippen molar-refractivity contribution in [3.63, 3.8) is 0 Å². The minimum atomic E-state index is -0.695. The number of carbonyl (C=O) groups excluding carboxylic acids is 1. The summed E-state index contributed by atoms with van der Waals surface area (Å²) in [6.07, 6.45) is 1.87. The standard InChI is InChI=1S/C26H26FN3O2S/c1-26(2,25(31)28-20-8-5-7-19(27)15-20)30-12-10-17(11-13-30)24-29-21(16-33-24)23-14-18-6-3-4-9-22(18)32-23/h3-9,14-17H,10-13H2,1-2H3,(H,28,31). The maximum atomic E-state index is 13.5. The fourth-order valence-electron chi connectivity index (χ4n) is 4.38. The molecule has 33 heavy (non-hydrogen) atoms. The highest BCUT2D eigenvalue weighted by Crippen LogP contribution is 2.36. The lowest BCUT2D eigenvalue weighted by Crippen LogP contribution is -2.55. The highest BCUT2D eigenvalue weighted by atomic mass is 32.1. The number of carbonyl (C=O) groups is 1. The van der Waals surface area contributed by atoms with Crippen LogP contribution in [-0.2, 0) is 4.79 Å². The smallest absolute Gasteiger partial charge is 0.244 e. The molecule has 1 saturated heterocycles. The van der Waals surface area contributed by atoms with Gasteiger partial charge in [0.15, 0.2) is 5.76 Å². The maximum Gasteiger partial charge on any atom is 0.244 e. The van der Waals surface area contributed by atoms with Crippen LogP contribution in [0.15, 0.2) is 64.4 Å². The molecule has 5 nitrogen and oxygen atoms in total. The topological polar surface area (TPSA) is 58.4 Å². The fourth-order valence-corrected chi connectivity index (χ4v) is 5.36. The number of rotatable bonds is 5. The number of hydrogen-bond donors (Lipinski definition) is 1. The number of nitrogens with zero attached hydrogens (tertiary/aromatic N) is 2. The van der Waals surface area contributed by atoms with Gasteiger partial charge in [-0.15, -0.1) is 11.3 Å². The van der Waals surface area contributed by atoms with Crippen LogP contribution in [0.4, 0.5) is 10.1 Å². The molecule has 1 N–H and O–H groups in total.